The molecule has 1 aliphatic carbocycles. The van der Waals surface area contributed by atoms with E-state index >= 15 is 0 Å². The summed E-state index contributed by atoms with van der Waals surface area (Å²) in [4.78, 5) is 4.29. The van der Waals surface area contributed by atoms with Gasteiger partial charge in [0.25, 0.3) is 0 Å². The van der Waals surface area contributed by atoms with Crippen molar-refractivity contribution in [3.8, 4) is 0 Å². The second kappa shape index (κ2) is 5.17. The number of rotatable bonds is 4. The Morgan fingerprint density at radius 1 is 1.42 bits per heavy atom. The van der Waals surface area contributed by atoms with Gasteiger partial charge in [0.2, 0.25) is 0 Å². The first-order valence-electron chi connectivity index (χ1n) is 7.02. The number of hydrogen-bond donors (Lipinski definition) is 1. The second-order valence-corrected chi connectivity index (χ2v) is 5.21. The SMILES string of the molecule is CCNC1CCCc2cn(Cc3ncnn3C)cc21. The van der Waals surface area contributed by atoms with Crippen LogP contribution in [0.1, 0.15) is 42.8 Å². The molecular formula is C14H21N5. The van der Waals surface area contributed by atoms with Crippen LogP contribution in [0.15, 0.2) is 18.7 Å². The predicted octanol–water partition coefficient (Wildman–Crippen LogP) is 1.65. The smallest absolute Gasteiger partial charge is 0.146 e. The van der Waals surface area contributed by atoms with Gasteiger partial charge in [0, 0.05) is 25.5 Å². The van der Waals surface area contributed by atoms with Crippen LogP contribution >= 0.6 is 0 Å². The summed E-state index contributed by atoms with van der Waals surface area (Å²) in [7, 11) is 1.94. The van der Waals surface area contributed by atoms with Gasteiger partial charge in [-0.05, 0) is 36.9 Å². The van der Waals surface area contributed by atoms with Crippen LogP contribution in [0, 0.1) is 0 Å². The van der Waals surface area contributed by atoms with E-state index in [1.807, 2.05) is 11.7 Å². The lowest BCUT2D eigenvalue weighted by Gasteiger charge is -2.22. The van der Waals surface area contributed by atoms with Gasteiger partial charge in [-0.3, -0.25) is 4.68 Å². The molecule has 0 saturated heterocycles. The van der Waals surface area contributed by atoms with Crippen molar-refractivity contribution in [1.29, 1.82) is 0 Å². The van der Waals surface area contributed by atoms with Crippen molar-refractivity contribution in [1.82, 2.24) is 24.6 Å². The van der Waals surface area contributed by atoms with Crippen molar-refractivity contribution < 1.29 is 0 Å². The van der Waals surface area contributed by atoms with Gasteiger partial charge in [0.05, 0.1) is 6.54 Å². The fourth-order valence-corrected chi connectivity index (χ4v) is 2.92. The Hall–Kier alpha value is -1.62. The first kappa shape index (κ1) is 12.4. The molecule has 19 heavy (non-hydrogen) atoms. The third kappa shape index (κ3) is 2.42. The Balaban J connectivity index is 1.83. The van der Waals surface area contributed by atoms with Gasteiger partial charge in [-0.25, -0.2) is 4.98 Å². The monoisotopic (exact) mass is 259 g/mol. The predicted molar refractivity (Wildman–Crippen MR) is 73.9 cm³/mol. The van der Waals surface area contributed by atoms with Crippen LogP contribution in [0.25, 0.3) is 0 Å². The fourth-order valence-electron chi connectivity index (χ4n) is 2.92. The number of fused-ring (bicyclic) bond motifs is 1. The van der Waals surface area contributed by atoms with Gasteiger partial charge in [-0.1, -0.05) is 6.92 Å². The number of nitrogens with one attached hydrogen (secondary N) is 1. The van der Waals surface area contributed by atoms with Crippen molar-refractivity contribution in [2.45, 2.75) is 38.8 Å². The lowest BCUT2D eigenvalue weighted by molar-refractivity contribution is 0.473. The third-order valence-electron chi connectivity index (χ3n) is 3.89. The van der Waals surface area contributed by atoms with Crippen LogP contribution in [-0.2, 0) is 20.0 Å². The van der Waals surface area contributed by atoms with E-state index in [1.165, 1.54) is 30.4 Å². The first-order valence-corrected chi connectivity index (χ1v) is 7.02. The van der Waals surface area contributed by atoms with E-state index in [2.05, 4.69) is 39.3 Å². The molecule has 1 aliphatic rings. The molecule has 0 fully saturated rings. The zero-order chi connectivity index (χ0) is 13.2. The van der Waals surface area contributed by atoms with E-state index < -0.39 is 0 Å². The second-order valence-electron chi connectivity index (χ2n) is 5.21. The molecule has 2 aromatic rings. The Morgan fingerprint density at radius 2 is 2.32 bits per heavy atom. The molecule has 5 heteroatoms. The van der Waals surface area contributed by atoms with Crippen molar-refractivity contribution in [2.24, 2.45) is 7.05 Å². The quantitative estimate of drug-likeness (QED) is 0.908. The Morgan fingerprint density at radius 3 is 3.05 bits per heavy atom. The highest BCUT2D eigenvalue weighted by molar-refractivity contribution is 5.30. The van der Waals surface area contributed by atoms with Crippen molar-refractivity contribution in [3.63, 3.8) is 0 Å². The molecule has 0 bridgehead atoms. The molecule has 3 rings (SSSR count). The van der Waals surface area contributed by atoms with Crippen molar-refractivity contribution in [2.75, 3.05) is 6.54 Å². The number of hydrogen-bond acceptors (Lipinski definition) is 3. The van der Waals surface area contributed by atoms with Crippen LogP contribution in [0.3, 0.4) is 0 Å². The van der Waals surface area contributed by atoms with Gasteiger partial charge in [0.15, 0.2) is 0 Å². The normalized spacial score (nSPS) is 18.5. The Kier molecular flexibility index (Phi) is 3.38. The van der Waals surface area contributed by atoms with E-state index in [1.54, 1.807) is 6.33 Å². The highest BCUT2D eigenvalue weighted by Crippen LogP contribution is 2.30. The van der Waals surface area contributed by atoms with Crippen LogP contribution < -0.4 is 5.32 Å². The van der Waals surface area contributed by atoms with Gasteiger partial charge in [-0.15, -0.1) is 0 Å². The molecule has 102 valence electrons. The summed E-state index contributed by atoms with van der Waals surface area (Å²) in [5, 5.41) is 7.70. The lowest BCUT2D eigenvalue weighted by atomic mass is 9.91. The first-order chi connectivity index (χ1) is 9.28. The van der Waals surface area contributed by atoms with Crippen LogP contribution in [-0.4, -0.2) is 25.9 Å². The molecule has 2 heterocycles. The zero-order valence-electron chi connectivity index (χ0n) is 11.6. The minimum Gasteiger partial charge on any atom is -0.346 e. The molecule has 0 radical (unpaired) electrons. The van der Waals surface area contributed by atoms with E-state index in [-0.39, 0.29) is 0 Å². The van der Waals surface area contributed by atoms with Crippen molar-refractivity contribution >= 4 is 0 Å². The number of aryl methyl sites for hydroxylation is 2. The van der Waals surface area contributed by atoms with Crippen molar-refractivity contribution in [3.05, 3.63) is 35.7 Å². The fraction of sp³-hybridized carbons (Fsp3) is 0.571. The molecule has 1 unspecified atom stereocenters. The van der Waals surface area contributed by atoms with Crippen LogP contribution in [0.4, 0.5) is 0 Å². The highest BCUT2D eigenvalue weighted by Gasteiger charge is 2.21. The average Bonchev–Trinajstić information content (AvgIpc) is 2.98. The Labute approximate surface area is 113 Å². The van der Waals surface area contributed by atoms with Gasteiger partial charge in [-0.2, -0.15) is 5.10 Å². The van der Waals surface area contributed by atoms with E-state index in [4.69, 9.17) is 0 Å². The molecule has 0 aliphatic heterocycles. The van der Waals surface area contributed by atoms with Crippen LogP contribution in [0.2, 0.25) is 0 Å². The summed E-state index contributed by atoms with van der Waals surface area (Å²) in [6.45, 7) is 3.99. The lowest BCUT2D eigenvalue weighted by Crippen LogP contribution is -2.23. The minimum absolute atomic E-state index is 0.523. The highest BCUT2D eigenvalue weighted by atomic mass is 15.3. The molecule has 1 N–H and O–H groups in total. The van der Waals surface area contributed by atoms with Gasteiger partial charge >= 0.3 is 0 Å². The third-order valence-corrected chi connectivity index (χ3v) is 3.89. The molecular weight excluding hydrogens is 238 g/mol. The number of aromatic nitrogens is 4. The molecule has 0 aromatic carbocycles. The van der Waals surface area contributed by atoms with E-state index in [9.17, 15) is 0 Å². The molecule has 0 spiro atoms. The Bertz CT molecular complexity index is 554. The van der Waals surface area contributed by atoms with Gasteiger partial charge < -0.3 is 9.88 Å². The maximum absolute atomic E-state index is 4.29. The topological polar surface area (TPSA) is 47.7 Å². The molecule has 1 atom stereocenters. The molecule has 0 amide bonds. The summed E-state index contributed by atoms with van der Waals surface area (Å²) in [5.74, 6) is 0.993. The maximum Gasteiger partial charge on any atom is 0.146 e. The van der Waals surface area contributed by atoms with E-state index in [0.717, 1.165) is 18.9 Å². The maximum atomic E-state index is 4.29. The summed E-state index contributed by atoms with van der Waals surface area (Å²) < 4.78 is 4.07. The zero-order valence-corrected chi connectivity index (χ0v) is 11.6. The largest absolute Gasteiger partial charge is 0.346 e. The minimum atomic E-state index is 0.523. The average molecular weight is 259 g/mol. The summed E-state index contributed by atoms with van der Waals surface area (Å²) in [5.41, 5.74) is 2.95. The standard InChI is InChI=1S/C14H21N5/c1-3-15-13-6-4-5-11-7-19(8-12(11)13)9-14-16-10-17-18(14)2/h7-8,10,13,15H,3-6,9H2,1-2H3. The molecule has 2 aromatic heterocycles. The molecule has 5 nitrogen and oxygen atoms in total. The summed E-state index contributed by atoms with van der Waals surface area (Å²) in [6, 6.07) is 0.523. The number of nitrogens with zero attached hydrogens (tertiary/aromatic N) is 4. The summed E-state index contributed by atoms with van der Waals surface area (Å²) >= 11 is 0. The van der Waals surface area contributed by atoms with Gasteiger partial charge in [0.1, 0.15) is 12.2 Å². The summed E-state index contributed by atoms with van der Waals surface area (Å²) in [6.07, 6.45) is 9.88. The molecule has 0 saturated carbocycles. The van der Waals surface area contributed by atoms with E-state index in [0.29, 0.717) is 6.04 Å². The van der Waals surface area contributed by atoms with Crippen LogP contribution in [0.5, 0.6) is 0 Å².